The van der Waals surface area contributed by atoms with Crippen molar-refractivity contribution in [2.24, 2.45) is 7.05 Å². The molecule has 0 spiro atoms. The zero-order chi connectivity index (χ0) is 18.6. The zero-order valence-electron chi connectivity index (χ0n) is 15.2. The molecule has 1 aliphatic heterocycles. The smallest absolute Gasteiger partial charge is 0.222 e. The average molecular weight is 417 g/mol. The second-order valence-electron chi connectivity index (χ2n) is 7.35. The van der Waals surface area contributed by atoms with Crippen molar-refractivity contribution in [1.29, 1.82) is 0 Å². The van der Waals surface area contributed by atoms with Crippen molar-refractivity contribution in [1.82, 2.24) is 0 Å². The third-order valence-electron chi connectivity index (χ3n) is 5.85. The topological polar surface area (TPSA) is 17.0 Å². The van der Waals surface area contributed by atoms with Crippen molar-refractivity contribution in [2.75, 3.05) is 0 Å². The maximum Gasteiger partial charge on any atom is 0.222 e. The lowest BCUT2D eigenvalue weighted by molar-refractivity contribution is -0.659. The first-order valence-electron chi connectivity index (χ1n) is 9.15. The second-order valence-corrected chi connectivity index (χ2v) is 10.2. The number of furan rings is 1. The van der Waals surface area contributed by atoms with Crippen molar-refractivity contribution >= 4 is 76.5 Å². The van der Waals surface area contributed by atoms with Crippen molar-refractivity contribution < 1.29 is 8.98 Å². The highest BCUT2D eigenvalue weighted by molar-refractivity contribution is 7.99. The molecule has 134 valence electrons. The van der Waals surface area contributed by atoms with Crippen LogP contribution in [0.3, 0.4) is 0 Å². The van der Waals surface area contributed by atoms with Crippen LogP contribution in [0.5, 0.6) is 0 Å². The van der Waals surface area contributed by atoms with E-state index in [2.05, 4.69) is 65.8 Å². The fraction of sp³-hybridized carbons (Fsp3) is 0.0870. The summed E-state index contributed by atoms with van der Waals surface area (Å²) in [4.78, 5) is 3.69. The Morgan fingerprint density at radius 2 is 1.82 bits per heavy atom. The summed E-state index contributed by atoms with van der Waals surface area (Å²) in [6.45, 7) is 2.27. The van der Waals surface area contributed by atoms with Gasteiger partial charge in [-0.05, 0) is 52.9 Å². The number of benzene rings is 2. The van der Waals surface area contributed by atoms with Gasteiger partial charge < -0.3 is 4.42 Å². The first-order chi connectivity index (χ1) is 13.7. The maximum atomic E-state index is 6.30. The fourth-order valence-electron chi connectivity index (χ4n) is 4.60. The average Bonchev–Trinajstić information content (AvgIpc) is 3.39. The van der Waals surface area contributed by atoms with Crippen molar-refractivity contribution in [3.8, 4) is 11.3 Å². The zero-order valence-corrected chi connectivity index (χ0v) is 17.6. The minimum Gasteiger partial charge on any atom is -0.445 e. The van der Waals surface area contributed by atoms with Gasteiger partial charge in [-0.3, -0.25) is 0 Å². The molecule has 0 atom stereocenters. The van der Waals surface area contributed by atoms with Crippen molar-refractivity contribution in [3.05, 3.63) is 52.9 Å². The molecular formula is C23H14NOS3+. The summed E-state index contributed by atoms with van der Waals surface area (Å²) in [5, 5.41) is 10.6. The summed E-state index contributed by atoms with van der Waals surface area (Å²) in [6.07, 6.45) is 2.18. The number of rotatable bonds is 0. The standard InChI is InChI=1S/C23H14NOS3/c1-11-18-16(9-12-4-7-26-22(11)12)28-17-10-15-13-5-8-27-23(13)25-21(15)14-3-6-24(2)20(18)19(14)17/h3-10H,1-2H3/q+1. The number of aromatic nitrogens is 1. The molecule has 0 amide bonds. The van der Waals surface area contributed by atoms with Crippen LogP contribution in [-0.4, -0.2) is 0 Å². The summed E-state index contributed by atoms with van der Waals surface area (Å²) < 4.78 is 9.96. The van der Waals surface area contributed by atoms with E-state index in [9.17, 15) is 0 Å². The van der Waals surface area contributed by atoms with E-state index in [0.29, 0.717) is 0 Å². The van der Waals surface area contributed by atoms with Gasteiger partial charge in [0.15, 0.2) is 11.1 Å². The van der Waals surface area contributed by atoms with E-state index in [-0.39, 0.29) is 0 Å². The van der Waals surface area contributed by atoms with E-state index >= 15 is 0 Å². The Hall–Kier alpha value is -2.34. The lowest BCUT2D eigenvalue weighted by Gasteiger charge is -2.20. The fourth-order valence-corrected chi connectivity index (χ4v) is 7.52. The van der Waals surface area contributed by atoms with Crippen LogP contribution in [0.25, 0.3) is 53.4 Å². The molecule has 0 radical (unpaired) electrons. The van der Waals surface area contributed by atoms with Gasteiger partial charge in [-0.1, -0.05) is 11.8 Å². The lowest BCUT2D eigenvalue weighted by Crippen LogP contribution is -2.31. The molecule has 0 saturated carbocycles. The van der Waals surface area contributed by atoms with Gasteiger partial charge in [0.05, 0.1) is 10.9 Å². The molecule has 0 fully saturated rings. The van der Waals surface area contributed by atoms with Gasteiger partial charge in [0, 0.05) is 36.7 Å². The minimum absolute atomic E-state index is 1.02. The van der Waals surface area contributed by atoms with Gasteiger partial charge in [-0.2, -0.15) is 0 Å². The molecule has 4 aromatic heterocycles. The van der Waals surface area contributed by atoms with E-state index in [1.807, 2.05) is 23.1 Å². The van der Waals surface area contributed by atoms with Crippen LogP contribution in [0.1, 0.15) is 5.56 Å². The highest BCUT2D eigenvalue weighted by Gasteiger charge is 2.31. The third-order valence-corrected chi connectivity index (χ3v) is 8.77. The Bertz CT molecular complexity index is 1620. The molecule has 1 aliphatic rings. The molecule has 5 heterocycles. The SMILES string of the molecule is Cc1c2c(cc3ccsc13)Sc1cc3c4ccsc4oc3c3cc[n+](C)c-2c13. The summed E-state index contributed by atoms with van der Waals surface area (Å²) in [5.74, 6) is 0. The van der Waals surface area contributed by atoms with Gasteiger partial charge in [0.2, 0.25) is 5.69 Å². The molecule has 2 aromatic carbocycles. The number of pyridine rings is 1. The summed E-state index contributed by atoms with van der Waals surface area (Å²) in [6, 6.07) is 11.3. The predicted molar refractivity (Wildman–Crippen MR) is 120 cm³/mol. The van der Waals surface area contributed by atoms with Crippen LogP contribution >= 0.6 is 34.4 Å². The largest absolute Gasteiger partial charge is 0.445 e. The normalized spacial score (nSPS) is 13.2. The molecule has 7 rings (SSSR count). The first-order valence-corrected chi connectivity index (χ1v) is 11.7. The van der Waals surface area contributed by atoms with Gasteiger partial charge in [0.1, 0.15) is 12.6 Å². The van der Waals surface area contributed by atoms with Crippen LogP contribution in [0.4, 0.5) is 0 Å². The quantitative estimate of drug-likeness (QED) is 0.242. The van der Waals surface area contributed by atoms with Crippen LogP contribution in [0, 0.1) is 6.92 Å². The van der Waals surface area contributed by atoms with E-state index < -0.39 is 0 Å². The monoisotopic (exact) mass is 416 g/mol. The van der Waals surface area contributed by atoms with Crippen molar-refractivity contribution in [2.45, 2.75) is 16.7 Å². The van der Waals surface area contributed by atoms with Gasteiger partial charge in [-0.15, -0.1) is 22.7 Å². The Morgan fingerprint density at radius 3 is 2.75 bits per heavy atom. The molecule has 0 unspecified atom stereocenters. The Labute approximate surface area is 173 Å². The second kappa shape index (κ2) is 5.17. The van der Waals surface area contributed by atoms with Gasteiger partial charge in [0.25, 0.3) is 0 Å². The summed E-state index contributed by atoms with van der Waals surface area (Å²) in [7, 11) is 2.15. The molecular weight excluding hydrogens is 402 g/mol. The van der Waals surface area contributed by atoms with Crippen LogP contribution < -0.4 is 4.57 Å². The van der Waals surface area contributed by atoms with Crippen molar-refractivity contribution in [3.63, 3.8) is 0 Å². The van der Waals surface area contributed by atoms with E-state index in [0.717, 1.165) is 10.5 Å². The maximum absolute atomic E-state index is 6.30. The number of nitrogens with zero attached hydrogens (tertiary/aromatic N) is 1. The minimum atomic E-state index is 1.02. The van der Waals surface area contributed by atoms with Crippen LogP contribution in [-0.2, 0) is 7.05 Å². The van der Waals surface area contributed by atoms with Gasteiger partial charge >= 0.3 is 0 Å². The Kier molecular flexibility index (Phi) is 2.88. The lowest BCUT2D eigenvalue weighted by atomic mass is 9.96. The van der Waals surface area contributed by atoms with E-state index in [4.69, 9.17) is 4.42 Å². The van der Waals surface area contributed by atoms with Crippen LogP contribution in [0.15, 0.2) is 61.5 Å². The third kappa shape index (κ3) is 1.78. The Morgan fingerprint density at radius 1 is 0.929 bits per heavy atom. The van der Waals surface area contributed by atoms with E-state index in [1.165, 1.54) is 58.2 Å². The molecule has 0 N–H and O–H groups in total. The number of aryl methyl sites for hydroxylation is 2. The molecule has 6 aromatic rings. The molecule has 28 heavy (non-hydrogen) atoms. The van der Waals surface area contributed by atoms with E-state index in [1.54, 1.807) is 11.3 Å². The van der Waals surface area contributed by atoms with Gasteiger partial charge in [-0.25, -0.2) is 4.57 Å². The first kappa shape index (κ1) is 15.6. The predicted octanol–water partition coefficient (Wildman–Crippen LogP) is 7.28. The number of hydrogen-bond donors (Lipinski definition) is 0. The molecule has 2 nitrogen and oxygen atoms in total. The number of thiophene rings is 2. The summed E-state index contributed by atoms with van der Waals surface area (Å²) in [5.41, 5.74) is 5.06. The summed E-state index contributed by atoms with van der Waals surface area (Å²) >= 11 is 5.41. The molecule has 5 heteroatoms. The highest BCUT2D eigenvalue weighted by Crippen LogP contribution is 2.52. The molecule has 0 aliphatic carbocycles. The number of hydrogen-bond acceptors (Lipinski definition) is 4. The Balaban J connectivity index is 1.73. The number of fused-ring (bicyclic) bond motifs is 7. The molecule has 0 saturated heterocycles. The molecule has 0 bridgehead atoms. The highest BCUT2D eigenvalue weighted by atomic mass is 32.2. The van der Waals surface area contributed by atoms with Crippen LogP contribution in [0.2, 0.25) is 0 Å².